The Labute approximate surface area is 81.5 Å². The van der Waals surface area contributed by atoms with E-state index >= 15 is 0 Å². The van der Waals surface area contributed by atoms with Crippen LogP contribution >= 0.6 is 11.6 Å². The van der Waals surface area contributed by atoms with Gasteiger partial charge < -0.3 is 4.74 Å². The lowest BCUT2D eigenvalue weighted by Crippen LogP contribution is -2.05. The Hall–Kier alpha value is -1.02. The second-order valence-corrected chi connectivity index (χ2v) is 3.44. The quantitative estimate of drug-likeness (QED) is 0.645. The topological polar surface area (TPSA) is 26.3 Å². The number of carbonyl (C=O) groups excluding carboxylic acids is 1. The summed E-state index contributed by atoms with van der Waals surface area (Å²) in [5.41, 5.74) is 0.881. The summed E-state index contributed by atoms with van der Waals surface area (Å²) in [6, 6.07) is 7.40. The van der Waals surface area contributed by atoms with Gasteiger partial charge in [-0.1, -0.05) is 29.8 Å². The van der Waals surface area contributed by atoms with Crippen LogP contribution in [0.25, 0.3) is 0 Å². The first kappa shape index (κ1) is 8.57. The number of hydrogen-bond acceptors (Lipinski definition) is 2. The first-order valence-electron chi connectivity index (χ1n) is 4.20. The first-order valence-corrected chi connectivity index (χ1v) is 4.58. The fourth-order valence-corrected chi connectivity index (χ4v) is 1.80. The lowest BCUT2D eigenvalue weighted by atomic mass is 9.98. The van der Waals surface area contributed by atoms with Gasteiger partial charge in [0.25, 0.3) is 0 Å². The lowest BCUT2D eigenvalue weighted by Gasteiger charge is -2.06. The number of halogens is 1. The van der Waals surface area contributed by atoms with E-state index < -0.39 is 0 Å². The summed E-state index contributed by atoms with van der Waals surface area (Å²) in [5, 5.41) is 0.645. The van der Waals surface area contributed by atoms with Crippen LogP contribution in [0.1, 0.15) is 17.9 Å². The standard InChI is InChI=1S/C10H9ClO2/c11-9-4-2-1-3-7(9)8-5-6-13-10(8)12/h1-4,8H,5-6H2. The Kier molecular flexibility index (Phi) is 2.23. The summed E-state index contributed by atoms with van der Waals surface area (Å²) in [4.78, 5) is 11.2. The van der Waals surface area contributed by atoms with Crippen LogP contribution in [0.2, 0.25) is 5.02 Å². The SMILES string of the molecule is O=C1OCCC1c1ccccc1Cl. The second-order valence-electron chi connectivity index (χ2n) is 3.03. The average Bonchev–Trinajstić information content (AvgIpc) is 2.52. The van der Waals surface area contributed by atoms with E-state index in [0.29, 0.717) is 11.6 Å². The summed E-state index contributed by atoms with van der Waals surface area (Å²) >= 11 is 5.96. The molecule has 1 atom stereocenters. The smallest absolute Gasteiger partial charge is 0.313 e. The molecule has 0 spiro atoms. The zero-order valence-corrected chi connectivity index (χ0v) is 7.75. The fourth-order valence-electron chi connectivity index (χ4n) is 1.54. The van der Waals surface area contributed by atoms with E-state index in [1.165, 1.54) is 0 Å². The predicted octanol–water partition coefficient (Wildman–Crippen LogP) is 2.37. The van der Waals surface area contributed by atoms with Gasteiger partial charge in [0.15, 0.2) is 0 Å². The molecule has 1 aliphatic rings. The van der Waals surface area contributed by atoms with Gasteiger partial charge in [0.05, 0.1) is 12.5 Å². The fraction of sp³-hybridized carbons (Fsp3) is 0.300. The van der Waals surface area contributed by atoms with E-state index in [0.717, 1.165) is 12.0 Å². The molecule has 0 radical (unpaired) electrons. The van der Waals surface area contributed by atoms with Crippen molar-refractivity contribution in [2.24, 2.45) is 0 Å². The molecule has 2 rings (SSSR count). The normalized spacial score (nSPS) is 21.6. The summed E-state index contributed by atoms with van der Waals surface area (Å²) in [7, 11) is 0. The second kappa shape index (κ2) is 3.38. The van der Waals surface area contributed by atoms with Gasteiger partial charge in [-0.3, -0.25) is 4.79 Å². The van der Waals surface area contributed by atoms with Crippen molar-refractivity contribution in [2.75, 3.05) is 6.61 Å². The van der Waals surface area contributed by atoms with Crippen molar-refractivity contribution in [1.29, 1.82) is 0 Å². The number of hydrogen-bond donors (Lipinski definition) is 0. The van der Waals surface area contributed by atoms with Crippen molar-refractivity contribution in [3.63, 3.8) is 0 Å². The monoisotopic (exact) mass is 196 g/mol. The molecule has 0 amide bonds. The molecule has 1 saturated heterocycles. The van der Waals surface area contributed by atoms with E-state index in [1.54, 1.807) is 6.07 Å². The van der Waals surface area contributed by atoms with Crippen LogP contribution in [-0.4, -0.2) is 12.6 Å². The average molecular weight is 197 g/mol. The van der Waals surface area contributed by atoms with E-state index in [2.05, 4.69) is 0 Å². The van der Waals surface area contributed by atoms with Crippen molar-refractivity contribution in [3.05, 3.63) is 34.9 Å². The molecule has 1 heterocycles. The van der Waals surface area contributed by atoms with Gasteiger partial charge in [0, 0.05) is 5.02 Å². The summed E-state index contributed by atoms with van der Waals surface area (Å²) in [6.07, 6.45) is 0.739. The van der Waals surface area contributed by atoms with Gasteiger partial charge in [-0.25, -0.2) is 0 Å². The molecule has 1 aromatic rings. The van der Waals surface area contributed by atoms with Crippen LogP contribution in [-0.2, 0) is 9.53 Å². The number of ether oxygens (including phenoxy) is 1. The highest BCUT2D eigenvalue weighted by Gasteiger charge is 2.29. The third-order valence-electron chi connectivity index (χ3n) is 2.22. The molecule has 0 aromatic heterocycles. The Morgan fingerprint density at radius 2 is 2.15 bits per heavy atom. The van der Waals surface area contributed by atoms with Crippen molar-refractivity contribution in [3.8, 4) is 0 Å². The molecular weight excluding hydrogens is 188 g/mol. The number of benzene rings is 1. The molecule has 68 valence electrons. The maximum Gasteiger partial charge on any atom is 0.313 e. The molecule has 13 heavy (non-hydrogen) atoms. The third-order valence-corrected chi connectivity index (χ3v) is 2.56. The Balaban J connectivity index is 2.34. The summed E-state index contributed by atoms with van der Waals surface area (Å²) in [5.74, 6) is -0.318. The molecule has 3 heteroatoms. The molecule has 0 N–H and O–H groups in total. The zero-order chi connectivity index (χ0) is 9.26. The molecule has 1 aromatic carbocycles. The lowest BCUT2D eigenvalue weighted by molar-refractivity contribution is -0.139. The van der Waals surface area contributed by atoms with Gasteiger partial charge in [-0.15, -0.1) is 0 Å². The highest BCUT2D eigenvalue weighted by molar-refractivity contribution is 6.31. The van der Waals surface area contributed by atoms with Crippen LogP contribution in [0.15, 0.2) is 24.3 Å². The minimum atomic E-state index is -0.159. The van der Waals surface area contributed by atoms with Crippen molar-refractivity contribution in [1.82, 2.24) is 0 Å². The molecule has 1 fully saturated rings. The summed E-state index contributed by atoms with van der Waals surface area (Å²) < 4.78 is 4.88. The van der Waals surface area contributed by atoms with E-state index in [9.17, 15) is 4.79 Å². The van der Waals surface area contributed by atoms with E-state index in [1.807, 2.05) is 18.2 Å². The number of rotatable bonds is 1. The van der Waals surface area contributed by atoms with Crippen molar-refractivity contribution >= 4 is 17.6 Å². The van der Waals surface area contributed by atoms with Gasteiger partial charge in [-0.05, 0) is 18.1 Å². The number of cyclic esters (lactones) is 1. The predicted molar refractivity (Wildman–Crippen MR) is 49.8 cm³/mol. The molecule has 1 unspecified atom stereocenters. The molecule has 0 aliphatic carbocycles. The highest BCUT2D eigenvalue weighted by Crippen LogP contribution is 2.31. The Morgan fingerprint density at radius 3 is 2.77 bits per heavy atom. The van der Waals surface area contributed by atoms with Gasteiger partial charge in [-0.2, -0.15) is 0 Å². The first-order chi connectivity index (χ1) is 6.29. The molecule has 0 saturated carbocycles. The maximum absolute atomic E-state index is 11.2. The molecule has 1 aliphatic heterocycles. The Bertz CT molecular complexity index is 335. The van der Waals surface area contributed by atoms with Crippen molar-refractivity contribution < 1.29 is 9.53 Å². The van der Waals surface area contributed by atoms with Crippen molar-refractivity contribution in [2.45, 2.75) is 12.3 Å². The summed E-state index contributed by atoms with van der Waals surface area (Å²) in [6.45, 7) is 0.509. The van der Waals surface area contributed by atoms with Crippen LogP contribution in [0, 0.1) is 0 Å². The molecule has 0 bridgehead atoms. The Morgan fingerprint density at radius 1 is 1.38 bits per heavy atom. The third kappa shape index (κ3) is 1.54. The molecule has 2 nitrogen and oxygen atoms in total. The maximum atomic E-state index is 11.2. The minimum absolute atomic E-state index is 0.159. The number of carbonyl (C=O) groups is 1. The molecular formula is C10H9ClO2. The van der Waals surface area contributed by atoms with Crippen LogP contribution in [0.3, 0.4) is 0 Å². The zero-order valence-electron chi connectivity index (χ0n) is 7.00. The highest BCUT2D eigenvalue weighted by atomic mass is 35.5. The number of esters is 1. The van der Waals surface area contributed by atoms with Crippen LogP contribution in [0.5, 0.6) is 0 Å². The largest absolute Gasteiger partial charge is 0.465 e. The van der Waals surface area contributed by atoms with Gasteiger partial charge >= 0.3 is 5.97 Å². The van der Waals surface area contributed by atoms with Crippen LogP contribution in [0.4, 0.5) is 0 Å². The van der Waals surface area contributed by atoms with Gasteiger partial charge in [0.2, 0.25) is 0 Å². The van der Waals surface area contributed by atoms with E-state index in [-0.39, 0.29) is 11.9 Å². The van der Waals surface area contributed by atoms with Crippen LogP contribution < -0.4 is 0 Å². The minimum Gasteiger partial charge on any atom is -0.465 e. The van der Waals surface area contributed by atoms with E-state index in [4.69, 9.17) is 16.3 Å². The van der Waals surface area contributed by atoms with Gasteiger partial charge in [0.1, 0.15) is 0 Å².